The molecule has 1 aromatic heterocycles. The van der Waals surface area contributed by atoms with Gasteiger partial charge in [0, 0.05) is 6.42 Å². The molecule has 2 amide bonds. The number of carboxylic acids is 1. The van der Waals surface area contributed by atoms with Gasteiger partial charge >= 0.3 is 5.97 Å². The van der Waals surface area contributed by atoms with Crippen molar-refractivity contribution in [2.75, 3.05) is 5.32 Å². The quantitative estimate of drug-likeness (QED) is 0.612. The van der Waals surface area contributed by atoms with Crippen molar-refractivity contribution < 1.29 is 19.5 Å². The minimum atomic E-state index is -1.17. The zero-order chi connectivity index (χ0) is 13.1. The van der Waals surface area contributed by atoms with Crippen molar-refractivity contribution in [2.24, 2.45) is 0 Å². The van der Waals surface area contributed by atoms with Gasteiger partial charge in [0.2, 0.25) is 11.8 Å². The van der Waals surface area contributed by atoms with Crippen molar-refractivity contribution in [1.29, 1.82) is 0 Å². The van der Waals surface area contributed by atoms with Crippen LogP contribution >= 0.6 is 0 Å². The van der Waals surface area contributed by atoms with Crippen molar-refractivity contribution in [2.45, 2.75) is 18.9 Å². The summed E-state index contributed by atoms with van der Waals surface area (Å²) in [4.78, 5) is 33.0. The van der Waals surface area contributed by atoms with Crippen molar-refractivity contribution in [1.82, 2.24) is 15.5 Å². The molecule has 1 unspecified atom stereocenters. The number of carboxylic acid groups (broad SMARTS) is 1. The number of carbonyl (C=O) groups is 3. The van der Waals surface area contributed by atoms with Gasteiger partial charge in [0.1, 0.15) is 11.9 Å². The summed E-state index contributed by atoms with van der Waals surface area (Å²) in [5.41, 5.74) is -0.177. The summed E-state index contributed by atoms with van der Waals surface area (Å²) < 4.78 is 0. The molecule has 94 valence electrons. The molecule has 3 N–H and O–H groups in total. The van der Waals surface area contributed by atoms with Crippen molar-refractivity contribution >= 4 is 23.6 Å². The van der Waals surface area contributed by atoms with Gasteiger partial charge in [-0.25, -0.2) is 4.79 Å². The molecule has 18 heavy (non-hydrogen) atoms. The van der Waals surface area contributed by atoms with E-state index < -0.39 is 17.9 Å². The molecule has 0 aliphatic carbocycles. The lowest BCUT2D eigenvalue weighted by Gasteiger charge is -2.21. The number of anilines is 1. The van der Waals surface area contributed by atoms with Gasteiger partial charge in [-0.15, -0.1) is 10.2 Å². The Hall–Kier alpha value is -2.51. The number of hydrogen-bond donors (Lipinski definition) is 3. The Morgan fingerprint density at radius 1 is 1.39 bits per heavy atom. The average Bonchev–Trinajstić information content (AvgIpc) is 2.33. The first-order valence-electron chi connectivity index (χ1n) is 5.23. The third kappa shape index (κ3) is 2.59. The van der Waals surface area contributed by atoms with Crippen LogP contribution in [0.3, 0.4) is 0 Å². The maximum atomic E-state index is 11.4. The third-order valence-corrected chi connectivity index (χ3v) is 2.44. The Labute approximate surface area is 101 Å². The largest absolute Gasteiger partial charge is 0.476 e. The molecular formula is C10H10N4O4. The van der Waals surface area contributed by atoms with Crippen LogP contribution in [0.15, 0.2) is 12.1 Å². The van der Waals surface area contributed by atoms with E-state index >= 15 is 0 Å². The molecule has 1 fully saturated rings. The van der Waals surface area contributed by atoms with Gasteiger partial charge in [0.15, 0.2) is 5.69 Å². The second kappa shape index (κ2) is 4.78. The van der Waals surface area contributed by atoms with Gasteiger partial charge in [-0.1, -0.05) is 0 Å². The van der Waals surface area contributed by atoms with E-state index in [0.29, 0.717) is 6.42 Å². The van der Waals surface area contributed by atoms with E-state index in [4.69, 9.17) is 5.11 Å². The van der Waals surface area contributed by atoms with E-state index in [1.54, 1.807) is 0 Å². The Balaban J connectivity index is 2.03. The van der Waals surface area contributed by atoms with Gasteiger partial charge in [0.25, 0.3) is 0 Å². The van der Waals surface area contributed by atoms with Crippen molar-refractivity contribution in [3.8, 4) is 0 Å². The molecule has 8 heteroatoms. The summed E-state index contributed by atoms with van der Waals surface area (Å²) in [6.45, 7) is 0. The predicted octanol–water partition coefficient (Wildman–Crippen LogP) is -0.608. The Morgan fingerprint density at radius 2 is 2.17 bits per heavy atom. The number of nitrogens with one attached hydrogen (secondary N) is 2. The number of amides is 2. The molecule has 0 radical (unpaired) electrons. The number of aromatic carboxylic acids is 1. The minimum absolute atomic E-state index is 0.177. The molecule has 2 rings (SSSR count). The number of nitrogens with zero attached hydrogens (tertiary/aromatic N) is 2. The molecule has 1 aliphatic rings. The van der Waals surface area contributed by atoms with Crippen LogP contribution in [-0.2, 0) is 9.59 Å². The molecule has 0 spiro atoms. The highest BCUT2D eigenvalue weighted by Crippen LogP contribution is 2.11. The third-order valence-electron chi connectivity index (χ3n) is 2.44. The summed E-state index contributed by atoms with van der Waals surface area (Å²) in [6.07, 6.45) is 0.622. The van der Waals surface area contributed by atoms with E-state index in [0.717, 1.165) is 0 Å². The van der Waals surface area contributed by atoms with Crippen LogP contribution in [0.5, 0.6) is 0 Å². The van der Waals surface area contributed by atoms with E-state index in [-0.39, 0.29) is 23.8 Å². The second-order valence-corrected chi connectivity index (χ2v) is 3.76. The van der Waals surface area contributed by atoms with Crippen LogP contribution < -0.4 is 10.6 Å². The van der Waals surface area contributed by atoms with Crippen LogP contribution in [0.2, 0.25) is 0 Å². The average molecular weight is 250 g/mol. The highest BCUT2D eigenvalue weighted by atomic mass is 16.4. The maximum Gasteiger partial charge on any atom is 0.356 e. The van der Waals surface area contributed by atoms with Crippen LogP contribution in [0, 0.1) is 0 Å². The van der Waals surface area contributed by atoms with Crippen LogP contribution in [-0.4, -0.2) is 39.1 Å². The van der Waals surface area contributed by atoms with Crippen LogP contribution in [0.4, 0.5) is 5.82 Å². The Bertz CT molecular complexity index is 499. The number of hydrogen-bond acceptors (Lipinski definition) is 6. The molecular weight excluding hydrogens is 240 g/mol. The molecule has 1 aromatic rings. The van der Waals surface area contributed by atoms with E-state index in [2.05, 4.69) is 20.8 Å². The summed E-state index contributed by atoms with van der Waals surface area (Å²) in [7, 11) is 0. The molecule has 1 saturated heterocycles. The first-order chi connectivity index (χ1) is 8.56. The molecule has 2 heterocycles. The zero-order valence-corrected chi connectivity index (χ0v) is 9.21. The first-order valence-corrected chi connectivity index (χ1v) is 5.23. The SMILES string of the molecule is O=C1CCC(Nc2ccc(C(=O)O)nn2)C(=O)N1. The lowest BCUT2D eigenvalue weighted by molar-refractivity contribution is -0.133. The fourth-order valence-electron chi connectivity index (χ4n) is 1.53. The van der Waals surface area contributed by atoms with Crippen molar-refractivity contribution in [3.63, 3.8) is 0 Å². The Kier molecular flexibility index (Phi) is 3.18. The van der Waals surface area contributed by atoms with Gasteiger partial charge in [0.05, 0.1) is 0 Å². The molecule has 0 aromatic carbocycles. The first kappa shape index (κ1) is 12.0. The molecule has 0 bridgehead atoms. The fraction of sp³-hybridized carbons (Fsp3) is 0.300. The molecule has 0 saturated carbocycles. The smallest absolute Gasteiger partial charge is 0.356 e. The number of rotatable bonds is 3. The van der Waals surface area contributed by atoms with E-state index in [1.165, 1.54) is 12.1 Å². The maximum absolute atomic E-state index is 11.4. The second-order valence-electron chi connectivity index (χ2n) is 3.76. The molecule has 8 nitrogen and oxygen atoms in total. The predicted molar refractivity (Wildman–Crippen MR) is 58.8 cm³/mol. The number of aromatic nitrogens is 2. The number of imide groups is 1. The highest BCUT2D eigenvalue weighted by Gasteiger charge is 2.26. The highest BCUT2D eigenvalue weighted by molar-refractivity contribution is 6.01. The lowest BCUT2D eigenvalue weighted by Crippen LogP contribution is -2.47. The van der Waals surface area contributed by atoms with Crippen LogP contribution in [0.25, 0.3) is 0 Å². The van der Waals surface area contributed by atoms with Gasteiger partial charge < -0.3 is 10.4 Å². The normalized spacial score (nSPS) is 19.2. The van der Waals surface area contributed by atoms with E-state index in [9.17, 15) is 14.4 Å². The minimum Gasteiger partial charge on any atom is -0.476 e. The standard InChI is InChI=1S/C10H10N4O4/c15-8-4-2-5(9(16)12-8)11-7-3-1-6(10(17)18)13-14-7/h1,3,5H,2,4H2,(H,11,14)(H,17,18)(H,12,15,16). The molecule has 1 atom stereocenters. The van der Waals surface area contributed by atoms with Gasteiger partial charge in [-0.3, -0.25) is 14.9 Å². The van der Waals surface area contributed by atoms with Gasteiger partial charge in [-0.05, 0) is 18.6 Å². The van der Waals surface area contributed by atoms with Gasteiger partial charge in [-0.2, -0.15) is 0 Å². The monoisotopic (exact) mass is 250 g/mol. The summed E-state index contributed by atoms with van der Waals surface area (Å²) >= 11 is 0. The Morgan fingerprint density at radius 3 is 2.72 bits per heavy atom. The van der Waals surface area contributed by atoms with Crippen molar-refractivity contribution in [3.05, 3.63) is 17.8 Å². The summed E-state index contributed by atoms with van der Waals surface area (Å²) in [6, 6.07) is 2.14. The number of carbonyl (C=O) groups excluding carboxylic acids is 2. The topological polar surface area (TPSA) is 121 Å². The zero-order valence-electron chi connectivity index (χ0n) is 9.21. The van der Waals surface area contributed by atoms with Crippen LogP contribution in [0.1, 0.15) is 23.3 Å². The summed E-state index contributed by atoms with van der Waals surface area (Å²) in [5.74, 6) is -1.61. The fourth-order valence-corrected chi connectivity index (χ4v) is 1.53. The number of piperidine rings is 1. The van der Waals surface area contributed by atoms with E-state index in [1.807, 2.05) is 0 Å². The summed E-state index contributed by atoms with van der Waals surface area (Å²) in [5, 5.41) is 20.7. The molecule has 1 aliphatic heterocycles. The lowest BCUT2D eigenvalue weighted by atomic mass is 10.1.